The first-order chi connectivity index (χ1) is 13.9. The summed E-state index contributed by atoms with van der Waals surface area (Å²) < 4.78 is 0. The zero-order chi connectivity index (χ0) is 21.0. The molecular formula is C20H16Cl2N6O. The number of nitrogen functional groups attached to an aromatic ring is 1. The Hall–Kier alpha value is -3.29. The number of rotatable bonds is 5. The third-order valence-corrected chi connectivity index (χ3v) is 4.97. The van der Waals surface area contributed by atoms with Gasteiger partial charge in [0.15, 0.2) is 11.6 Å². The molecule has 9 heteroatoms. The predicted molar refractivity (Wildman–Crippen MR) is 116 cm³/mol. The molecule has 0 unspecified atom stereocenters. The Morgan fingerprint density at radius 1 is 1.14 bits per heavy atom. The zero-order valence-corrected chi connectivity index (χ0v) is 16.8. The molecule has 7 nitrogen and oxygen atoms in total. The van der Waals surface area contributed by atoms with E-state index in [2.05, 4.69) is 20.6 Å². The van der Waals surface area contributed by atoms with Gasteiger partial charge in [-0.15, -0.1) is 5.10 Å². The van der Waals surface area contributed by atoms with E-state index in [0.29, 0.717) is 26.9 Å². The van der Waals surface area contributed by atoms with Crippen LogP contribution in [0, 0.1) is 5.53 Å². The van der Waals surface area contributed by atoms with Gasteiger partial charge in [-0.2, -0.15) is 5.53 Å². The zero-order valence-electron chi connectivity index (χ0n) is 15.3. The molecule has 1 aromatic heterocycles. The van der Waals surface area contributed by atoms with Crippen LogP contribution in [0.1, 0.15) is 22.8 Å². The van der Waals surface area contributed by atoms with Gasteiger partial charge in [-0.25, -0.2) is 4.98 Å². The monoisotopic (exact) mass is 426 g/mol. The molecule has 0 spiro atoms. The molecule has 3 rings (SSSR count). The van der Waals surface area contributed by atoms with Crippen LogP contribution in [0.3, 0.4) is 0 Å². The number of Topliss-reactive ketones (excluding diaryl/α,β-unsaturated/α-hetero) is 1. The highest BCUT2D eigenvalue weighted by molar-refractivity contribution is 6.44. The number of benzene rings is 2. The summed E-state index contributed by atoms with van der Waals surface area (Å²) in [5.41, 5.74) is 16.3. The molecule has 0 aliphatic carbocycles. The number of halogens is 2. The highest BCUT2D eigenvalue weighted by atomic mass is 35.5. The molecule has 0 saturated carbocycles. The second kappa shape index (κ2) is 8.81. The molecule has 0 amide bonds. The minimum absolute atomic E-state index is 0.0123. The maximum absolute atomic E-state index is 11.5. The van der Waals surface area contributed by atoms with E-state index in [1.54, 1.807) is 42.6 Å². The van der Waals surface area contributed by atoms with Crippen molar-refractivity contribution in [3.63, 3.8) is 0 Å². The summed E-state index contributed by atoms with van der Waals surface area (Å²) in [6.07, 6.45) is 1.61. The largest absolute Gasteiger partial charge is 0.383 e. The fourth-order valence-corrected chi connectivity index (χ4v) is 2.99. The minimum Gasteiger partial charge on any atom is -0.383 e. The lowest BCUT2D eigenvalue weighted by Gasteiger charge is -2.13. The van der Waals surface area contributed by atoms with Crippen LogP contribution < -0.4 is 11.1 Å². The third kappa shape index (κ3) is 4.59. The van der Waals surface area contributed by atoms with E-state index in [1.165, 1.54) is 6.92 Å². The molecule has 0 bridgehead atoms. The summed E-state index contributed by atoms with van der Waals surface area (Å²) >= 11 is 12.3. The number of pyridine rings is 1. The first kappa shape index (κ1) is 20.4. The van der Waals surface area contributed by atoms with Crippen LogP contribution in [0.25, 0.3) is 11.1 Å². The molecule has 0 aliphatic rings. The van der Waals surface area contributed by atoms with E-state index in [-0.39, 0.29) is 17.4 Å². The summed E-state index contributed by atoms with van der Waals surface area (Å²) in [4.78, 5) is 15.7. The Kier molecular flexibility index (Phi) is 6.21. The van der Waals surface area contributed by atoms with Gasteiger partial charge < -0.3 is 11.1 Å². The van der Waals surface area contributed by atoms with Crippen molar-refractivity contribution in [2.24, 2.45) is 10.3 Å². The van der Waals surface area contributed by atoms with Crippen LogP contribution in [0.2, 0.25) is 10.0 Å². The van der Waals surface area contributed by atoms with E-state index in [4.69, 9.17) is 34.5 Å². The fourth-order valence-electron chi connectivity index (χ4n) is 2.64. The molecule has 0 radical (unpaired) electrons. The van der Waals surface area contributed by atoms with E-state index < -0.39 is 0 Å². The van der Waals surface area contributed by atoms with Crippen LogP contribution in [0.5, 0.6) is 0 Å². The standard InChI is InChI=1S/C20H16Cl2N6O/c1-11(29)12-5-7-13(8-6-12)14-9-15(19(23)25-10-14)20(27-28-24)26-17-4-2-3-16(21)18(17)22/h2-10H,1H3,(H2,23,25)(H2,24,26,27). The van der Waals surface area contributed by atoms with Gasteiger partial charge in [0, 0.05) is 17.3 Å². The summed E-state index contributed by atoms with van der Waals surface area (Å²) in [6.45, 7) is 1.51. The highest BCUT2D eigenvalue weighted by Crippen LogP contribution is 2.31. The van der Waals surface area contributed by atoms with Crippen molar-refractivity contribution in [2.75, 3.05) is 11.1 Å². The van der Waals surface area contributed by atoms with Crippen LogP contribution in [-0.2, 0) is 0 Å². The number of aromatic nitrogens is 1. The number of anilines is 2. The first-order valence-corrected chi connectivity index (χ1v) is 9.19. The van der Waals surface area contributed by atoms with Crippen molar-refractivity contribution in [3.05, 3.63) is 75.9 Å². The van der Waals surface area contributed by atoms with Crippen LogP contribution in [0.15, 0.2) is 65.1 Å². The quantitative estimate of drug-likeness (QED) is 0.160. The summed E-state index contributed by atoms with van der Waals surface area (Å²) in [6, 6.07) is 14.0. The number of nitrogens with zero attached hydrogens (tertiary/aromatic N) is 3. The molecule has 2 aromatic carbocycles. The van der Waals surface area contributed by atoms with E-state index in [1.807, 2.05) is 12.1 Å². The van der Waals surface area contributed by atoms with Gasteiger partial charge in [0.05, 0.1) is 21.3 Å². The topological polar surface area (TPSA) is 117 Å². The lowest BCUT2D eigenvalue weighted by molar-refractivity contribution is 0.101. The number of hydrogen-bond acceptors (Lipinski definition) is 5. The Bertz CT molecular complexity index is 1110. The average Bonchev–Trinajstić information content (AvgIpc) is 2.71. The van der Waals surface area contributed by atoms with Crippen LogP contribution in [0.4, 0.5) is 11.5 Å². The number of nitrogens with one attached hydrogen (secondary N) is 2. The van der Waals surface area contributed by atoms with Gasteiger partial charge in [-0.05, 0) is 30.7 Å². The van der Waals surface area contributed by atoms with Crippen molar-refractivity contribution in [1.29, 1.82) is 5.53 Å². The minimum atomic E-state index is -0.0123. The van der Waals surface area contributed by atoms with Crippen molar-refractivity contribution >= 4 is 46.3 Å². The molecule has 0 fully saturated rings. The summed E-state index contributed by atoms with van der Waals surface area (Å²) in [7, 11) is 0. The maximum Gasteiger partial charge on any atom is 0.165 e. The Labute approximate surface area is 177 Å². The van der Waals surface area contributed by atoms with Crippen molar-refractivity contribution in [1.82, 2.24) is 4.98 Å². The normalized spacial score (nSPS) is 11.2. The van der Waals surface area contributed by atoms with Gasteiger partial charge in [-0.3, -0.25) is 4.79 Å². The summed E-state index contributed by atoms with van der Waals surface area (Å²) in [5.74, 6) is 0.375. The second-order valence-corrected chi connectivity index (χ2v) is 6.85. The Morgan fingerprint density at radius 2 is 1.86 bits per heavy atom. The molecule has 0 saturated heterocycles. The lowest BCUT2D eigenvalue weighted by atomic mass is 10.0. The number of amidine groups is 1. The first-order valence-electron chi connectivity index (χ1n) is 8.43. The number of nitrogens with two attached hydrogens (primary N) is 1. The van der Waals surface area contributed by atoms with Gasteiger partial charge in [0.25, 0.3) is 0 Å². The predicted octanol–water partition coefficient (Wildman–Crippen LogP) is 5.64. The Morgan fingerprint density at radius 3 is 2.52 bits per heavy atom. The van der Waals surface area contributed by atoms with Gasteiger partial charge in [0.2, 0.25) is 0 Å². The molecule has 0 aliphatic heterocycles. The summed E-state index contributed by atoms with van der Waals surface area (Å²) in [5, 5.41) is 10.6. The number of ketones is 1. The molecular weight excluding hydrogens is 411 g/mol. The van der Waals surface area contributed by atoms with Crippen LogP contribution in [-0.4, -0.2) is 16.6 Å². The van der Waals surface area contributed by atoms with Crippen molar-refractivity contribution in [3.8, 4) is 11.1 Å². The fraction of sp³-hybridized carbons (Fsp3) is 0.0500. The Balaban J connectivity index is 2.02. The average molecular weight is 427 g/mol. The van der Waals surface area contributed by atoms with Crippen molar-refractivity contribution in [2.45, 2.75) is 6.92 Å². The van der Waals surface area contributed by atoms with E-state index >= 15 is 0 Å². The lowest BCUT2D eigenvalue weighted by Crippen LogP contribution is -2.16. The van der Waals surface area contributed by atoms with Gasteiger partial charge >= 0.3 is 0 Å². The smallest absolute Gasteiger partial charge is 0.165 e. The van der Waals surface area contributed by atoms with Gasteiger partial charge in [-0.1, -0.05) is 58.8 Å². The van der Waals surface area contributed by atoms with Crippen LogP contribution >= 0.6 is 23.2 Å². The number of carbonyl (C=O) groups excluding carboxylic acids is 1. The van der Waals surface area contributed by atoms with E-state index in [0.717, 1.165) is 11.1 Å². The van der Waals surface area contributed by atoms with Crippen molar-refractivity contribution < 1.29 is 4.79 Å². The highest BCUT2D eigenvalue weighted by Gasteiger charge is 2.14. The molecule has 29 heavy (non-hydrogen) atoms. The molecule has 3 aromatic rings. The molecule has 1 heterocycles. The molecule has 0 atom stereocenters. The maximum atomic E-state index is 11.5. The van der Waals surface area contributed by atoms with Gasteiger partial charge in [0.1, 0.15) is 5.82 Å². The molecule has 4 N–H and O–H groups in total. The SMILES string of the molecule is CC(=O)c1ccc(-c2cnc(N)c(/C(=N/N=N)Nc3cccc(Cl)c3Cl)c2)cc1. The second-order valence-electron chi connectivity index (χ2n) is 6.07. The third-order valence-electron chi connectivity index (χ3n) is 4.15. The number of carbonyl (C=O) groups is 1. The number of hydrogen-bond donors (Lipinski definition) is 3. The molecule has 146 valence electrons. The van der Waals surface area contributed by atoms with E-state index in [9.17, 15) is 4.79 Å².